The summed E-state index contributed by atoms with van der Waals surface area (Å²) in [6.45, 7) is 8.89. The van der Waals surface area contributed by atoms with E-state index in [4.69, 9.17) is 0 Å². The fourth-order valence-corrected chi connectivity index (χ4v) is 6.21. The zero-order valence-corrected chi connectivity index (χ0v) is 16.9. The van der Waals surface area contributed by atoms with Crippen molar-refractivity contribution in [1.82, 2.24) is 4.90 Å². The van der Waals surface area contributed by atoms with Gasteiger partial charge in [0.15, 0.2) is 0 Å². The average Bonchev–Trinajstić information content (AvgIpc) is 2.95. The summed E-state index contributed by atoms with van der Waals surface area (Å²) < 4.78 is 13.1. The summed E-state index contributed by atoms with van der Waals surface area (Å²) in [5.41, 5.74) is 4.45. The lowest BCUT2D eigenvalue weighted by atomic mass is 9.63. The highest BCUT2D eigenvalue weighted by Gasteiger charge is 2.48. The van der Waals surface area contributed by atoms with Gasteiger partial charge in [-0.1, -0.05) is 36.8 Å². The van der Waals surface area contributed by atoms with Crippen molar-refractivity contribution in [3.05, 3.63) is 35.5 Å². The standard InChI is InChI=1S/C24H36FNO/c1-17-5-6-18(14-23(17)27)7-8-19-4-3-12-24(2)20(9-10-22(19)24)11-13-26-15-21(25)16-26/h7-8,20-23,27H,1,3-6,9-16H2,2H3/b18-7-,19-8+/t20-,22?,23-,24?/m1/s1. The van der Waals surface area contributed by atoms with E-state index in [9.17, 15) is 9.50 Å². The summed E-state index contributed by atoms with van der Waals surface area (Å²) in [7, 11) is 0. The van der Waals surface area contributed by atoms with Gasteiger partial charge < -0.3 is 5.11 Å². The summed E-state index contributed by atoms with van der Waals surface area (Å²) in [5.74, 6) is 1.51. The number of fused-ring (bicyclic) bond motifs is 1. The zero-order chi connectivity index (χ0) is 19.0. The number of hydrogen-bond donors (Lipinski definition) is 1. The molecule has 0 bridgehead atoms. The predicted molar refractivity (Wildman–Crippen MR) is 109 cm³/mol. The molecule has 3 heteroatoms. The summed E-state index contributed by atoms with van der Waals surface area (Å²) in [5, 5.41) is 10.1. The molecule has 0 amide bonds. The Balaban J connectivity index is 1.40. The number of alkyl halides is 1. The van der Waals surface area contributed by atoms with Crippen molar-refractivity contribution in [3.8, 4) is 0 Å². The topological polar surface area (TPSA) is 23.5 Å². The Labute approximate surface area is 164 Å². The Bertz CT molecular complexity index is 632. The third-order valence-corrected chi connectivity index (χ3v) is 8.09. The van der Waals surface area contributed by atoms with Gasteiger partial charge in [0.1, 0.15) is 6.17 Å². The molecule has 0 aromatic carbocycles. The number of halogens is 1. The molecule has 0 spiro atoms. The van der Waals surface area contributed by atoms with Crippen LogP contribution in [0.2, 0.25) is 0 Å². The minimum absolute atomic E-state index is 0.346. The Hall–Kier alpha value is -0.930. The third kappa shape index (κ3) is 3.96. The molecule has 3 saturated carbocycles. The van der Waals surface area contributed by atoms with E-state index < -0.39 is 6.17 Å². The molecule has 0 radical (unpaired) electrons. The van der Waals surface area contributed by atoms with Crippen LogP contribution < -0.4 is 0 Å². The Kier molecular flexibility index (Phi) is 5.62. The molecule has 2 nitrogen and oxygen atoms in total. The van der Waals surface area contributed by atoms with E-state index in [1.165, 1.54) is 44.1 Å². The molecule has 1 aliphatic heterocycles. The zero-order valence-electron chi connectivity index (χ0n) is 16.9. The number of likely N-dealkylation sites (tertiary alicyclic amines) is 1. The molecule has 2 unspecified atom stereocenters. The molecular weight excluding hydrogens is 337 g/mol. The van der Waals surface area contributed by atoms with Crippen molar-refractivity contribution in [2.75, 3.05) is 19.6 Å². The highest BCUT2D eigenvalue weighted by Crippen LogP contribution is 2.58. The molecule has 0 aromatic rings. The van der Waals surface area contributed by atoms with E-state index in [0.717, 1.165) is 43.2 Å². The fourth-order valence-electron chi connectivity index (χ4n) is 6.21. The summed E-state index contributed by atoms with van der Waals surface area (Å²) in [4.78, 5) is 2.29. The predicted octanol–water partition coefficient (Wildman–Crippen LogP) is 5.20. The minimum Gasteiger partial charge on any atom is -0.388 e. The number of allylic oxidation sites excluding steroid dienone is 3. The van der Waals surface area contributed by atoms with E-state index in [0.29, 0.717) is 18.5 Å². The number of nitrogens with zero attached hydrogens (tertiary/aromatic N) is 1. The molecule has 3 aliphatic carbocycles. The van der Waals surface area contributed by atoms with Crippen LogP contribution in [0.25, 0.3) is 0 Å². The first-order chi connectivity index (χ1) is 13.0. The van der Waals surface area contributed by atoms with Crippen molar-refractivity contribution >= 4 is 0 Å². The number of aliphatic hydroxyl groups excluding tert-OH is 1. The monoisotopic (exact) mass is 373 g/mol. The van der Waals surface area contributed by atoms with Gasteiger partial charge in [-0.2, -0.15) is 0 Å². The third-order valence-electron chi connectivity index (χ3n) is 8.09. The largest absolute Gasteiger partial charge is 0.388 e. The van der Waals surface area contributed by atoms with Gasteiger partial charge in [0.25, 0.3) is 0 Å². The van der Waals surface area contributed by atoms with E-state index in [2.05, 4.69) is 30.6 Å². The number of rotatable bonds is 4. The molecule has 4 fully saturated rings. The highest BCUT2D eigenvalue weighted by atomic mass is 19.1. The van der Waals surface area contributed by atoms with Crippen LogP contribution in [0, 0.1) is 17.3 Å². The molecular formula is C24H36FNO. The second-order valence-corrected chi connectivity index (χ2v) is 9.78. The highest BCUT2D eigenvalue weighted by molar-refractivity contribution is 5.27. The van der Waals surface area contributed by atoms with Crippen LogP contribution in [0.15, 0.2) is 35.5 Å². The van der Waals surface area contributed by atoms with Crippen LogP contribution in [-0.4, -0.2) is 41.9 Å². The maximum absolute atomic E-state index is 13.1. The molecule has 4 atom stereocenters. The van der Waals surface area contributed by atoms with E-state index in [-0.39, 0.29) is 6.10 Å². The lowest BCUT2D eigenvalue weighted by Gasteiger charge is -2.43. The normalized spacial score (nSPS) is 41.1. The first kappa shape index (κ1) is 19.4. The summed E-state index contributed by atoms with van der Waals surface area (Å²) >= 11 is 0. The molecule has 1 saturated heterocycles. The van der Waals surface area contributed by atoms with Gasteiger partial charge >= 0.3 is 0 Å². The van der Waals surface area contributed by atoms with Crippen molar-refractivity contribution in [2.45, 2.75) is 77.0 Å². The minimum atomic E-state index is -0.579. The van der Waals surface area contributed by atoms with Gasteiger partial charge in [0.2, 0.25) is 0 Å². The number of hydrogen-bond acceptors (Lipinski definition) is 2. The van der Waals surface area contributed by atoms with E-state index in [1.54, 1.807) is 5.57 Å². The SMILES string of the molecule is C=C1CC/C(=C/C=C2\CCCC3(C)C2CC[C@@H]3CCN2CC(F)C2)C[C@H]1O. The smallest absolute Gasteiger partial charge is 0.125 e. The first-order valence-corrected chi connectivity index (χ1v) is 11.1. The van der Waals surface area contributed by atoms with Crippen LogP contribution >= 0.6 is 0 Å². The number of aliphatic hydroxyl groups is 1. The summed E-state index contributed by atoms with van der Waals surface area (Å²) in [6.07, 6.45) is 14.3. The second-order valence-electron chi connectivity index (χ2n) is 9.78. The van der Waals surface area contributed by atoms with Gasteiger partial charge in [0, 0.05) is 13.1 Å². The average molecular weight is 374 g/mol. The lowest BCUT2D eigenvalue weighted by Crippen LogP contribution is -2.49. The molecule has 0 aromatic heterocycles. The van der Waals surface area contributed by atoms with Crippen molar-refractivity contribution < 1.29 is 9.50 Å². The van der Waals surface area contributed by atoms with E-state index >= 15 is 0 Å². The molecule has 4 aliphatic rings. The van der Waals surface area contributed by atoms with Gasteiger partial charge in [-0.25, -0.2) is 4.39 Å². The quantitative estimate of drug-likeness (QED) is 0.685. The van der Waals surface area contributed by atoms with Crippen LogP contribution in [0.3, 0.4) is 0 Å². The van der Waals surface area contributed by atoms with Crippen molar-refractivity contribution in [1.29, 1.82) is 0 Å². The van der Waals surface area contributed by atoms with Crippen LogP contribution in [0.4, 0.5) is 4.39 Å². The maximum atomic E-state index is 13.1. The fraction of sp³-hybridized carbons (Fsp3) is 0.750. The van der Waals surface area contributed by atoms with Gasteiger partial charge in [-0.05, 0) is 87.2 Å². The first-order valence-electron chi connectivity index (χ1n) is 11.1. The molecule has 150 valence electrons. The van der Waals surface area contributed by atoms with E-state index in [1.807, 2.05) is 0 Å². The van der Waals surface area contributed by atoms with Crippen molar-refractivity contribution in [3.63, 3.8) is 0 Å². The van der Waals surface area contributed by atoms with Gasteiger partial charge in [0.05, 0.1) is 6.10 Å². The Morgan fingerprint density at radius 3 is 2.78 bits per heavy atom. The molecule has 4 rings (SSSR count). The van der Waals surface area contributed by atoms with Gasteiger partial charge in [-0.3, -0.25) is 4.90 Å². The molecule has 1 N–H and O–H groups in total. The maximum Gasteiger partial charge on any atom is 0.125 e. The van der Waals surface area contributed by atoms with Gasteiger partial charge in [-0.15, -0.1) is 0 Å². The van der Waals surface area contributed by atoms with Crippen molar-refractivity contribution in [2.24, 2.45) is 17.3 Å². The summed E-state index contributed by atoms with van der Waals surface area (Å²) in [6, 6.07) is 0. The second kappa shape index (κ2) is 7.83. The molecule has 27 heavy (non-hydrogen) atoms. The lowest BCUT2D eigenvalue weighted by molar-refractivity contribution is 0.0478. The Morgan fingerprint density at radius 1 is 1.22 bits per heavy atom. The Morgan fingerprint density at radius 2 is 2.04 bits per heavy atom. The van der Waals surface area contributed by atoms with Crippen LogP contribution in [0.1, 0.15) is 64.7 Å². The van der Waals surface area contributed by atoms with Crippen LogP contribution in [0.5, 0.6) is 0 Å². The molecule has 1 heterocycles. The van der Waals surface area contributed by atoms with Crippen LogP contribution in [-0.2, 0) is 0 Å².